The molecule has 6 heteroatoms. The Bertz CT molecular complexity index is 1480. The van der Waals surface area contributed by atoms with E-state index in [1.165, 1.54) is 12.1 Å². The van der Waals surface area contributed by atoms with Crippen molar-refractivity contribution in [3.05, 3.63) is 94.1 Å². The second kappa shape index (κ2) is 11.8. The summed E-state index contributed by atoms with van der Waals surface area (Å²) in [5.74, 6) is 0.486. The van der Waals surface area contributed by atoms with Crippen LogP contribution in [0, 0.1) is 16.6 Å². The van der Waals surface area contributed by atoms with Crippen molar-refractivity contribution in [2.45, 2.75) is 85.7 Å². The lowest BCUT2D eigenvalue weighted by Gasteiger charge is -2.49. The van der Waals surface area contributed by atoms with Crippen LogP contribution in [0.5, 0.6) is 11.5 Å². The number of halogens is 1. The van der Waals surface area contributed by atoms with Crippen LogP contribution in [-0.4, -0.2) is 30.1 Å². The van der Waals surface area contributed by atoms with Crippen molar-refractivity contribution >= 4 is 11.6 Å². The third kappa shape index (κ3) is 6.07. The number of hydrogen-bond acceptors (Lipinski definition) is 5. The lowest BCUT2D eigenvalue weighted by Crippen LogP contribution is -2.44. The summed E-state index contributed by atoms with van der Waals surface area (Å²) in [4.78, 5) is 30.5. The van der Waals surface area contributed by atoms with E-state index in [0.29, 0.717) is 36.3 Å². The molecule has 0 spiro atoms. The Kier molecular flexibility index (Phi) is 8.43. The SMILES string of the molecule is C=CCc1cc(C2C3=C(CC(C)(C)CC3=O)N(CCC)C3=C2C(=O)CC(C)(C)C3)cc(OC)c1OCc1cccc(F)c1. The van der Waals surface area contributed by atoms with Gasteiger partial charge < -0.3 is 14.4 Å². The summed E-state index contributed by atoms with van der Waals surface area (Å²) in [5, 5.41) is 0. The van der Waals surface area contributed by atoms with E-state index in [1.807, 2.05) is 18.2 Å². The first kappa shape index (κ1) is 30.8. The molecule has 0 N–H and O–H groups in total. The van der Waals surface area contributed by atoms with E-state index < -0.39 is 5.92 Å². The number of carbonyl (C=O) groups excluding carboxylic acids is 2. The van der Waals surface area contributed by atoms with Gasteiger partial charge >= 0.3 is 0 Å². The first-order valence-electron chi connectivity index (χ1n) is 15.4. The van der Waals surface area contributed by atoms with Crippen molar-refractivity contribution in [2.24, 2.45) is 10.8 Å². The van der Waals surface area contributed by atoms with Crippen LogP contribution in [0.3, 0.4) is 0 Å². The molecule has 3 aliphatic rings. The second-order valence-electron chi connectivity index (χ2n) is 13.8. The van der Waals surface area contributed by atoms with Gasteiger partial charge in [-0.2, -0.15) is 0 Å². The molecule has 2 aromatic rings. The van der Waals surface area contributed by atoms with Gasteiger partial charge in [-0.15, -0.1) is 6.58 Å². The highest BCUT2D eigenvalue weighted by atomic mass is 19.1. The van der Waals surface area contributed by atoms with Crippen LogP contribution in [0.1, 0.15) is 89.3 Å². The molecule has 2 aromatic carbocycles. The lowest BCUT2D eigenvalue weighted by atomic mass is 9.63. The van der Waals surface area contributed by atoms with Gasteiger partial charge in [0.15, 0.2) is 23.1 Å². The standard InChI is InChI=1S/C37H44FNO4/c1-8-11-24-16-25(17-31(42-7)35(24)43-22-23-12-10-13-26(38)15-23)32-33-27(18-36(3,4)20-29(33)40)39(14-9-2)28-19-37(5,6)21-30(41)34(28)32/h8,10,12-13,15-17,32H,1,9,11,14,18-22H2,2-7H3. The summed E-state index contributed by atoms with van der Waals surface area (Å²) in [6.45, 7) is 15.7. The average Bonchev–Trinajstić information content (AvgIpc) is 2.91. The Balaban J connectivity index is 1.70. The van der Waals surface area contributed by atoms with Gasteiger partial charge in [0.2, 0.25) is 0 Å². The van der Waals surface area contributed by atoms with E-state index in [0.717, 1.165) is 59.5 Å². The molecule has 228 valence electrons. The summed E-state index contributed by atoms with van der Waals surface area (Å²) < 4.78 is 26.0. The van der Waals surface area contributed by atoms with Crippen LogP contribution in [0.25, 0.3) is 0 Å². The zero-order chi connectivity index (χ0) is 31.1. The highest BCUT2D eigenvalue weighted by Crippen LogP contribution is 2.55. The molecule has 2 aliphatic carbocycles. The molecule has 0 bridgehead atoms. The number of rotatable bonds is 9. The monoisotopic (exact) mass is 585 g/mol. The van der Waals surface area contributed by atoms with E-state index in [1.54, 1.807) is 19.3 Å². The number of methoxy groups -OCH3 is 1. The predicted octanol–water partition coefficient (Wildman–Crippen LogP) is 8.24. The van der Waals surface area contributed by atoms with E-state index in [9.17, 15) is 14.0 Å². The number of allylic oxidation sites excluding steroid dienone is 5. The Morgan fingerprint density at radius 1 is 0.977 bits per heavy atom. The highest BCUT2D eigenvalue weighted by Gasteiger charge is 2.49. The fourth-order valence-electron chi connectivity index (χ4n) is 7.13. The lowest BCUT2D eigenvalue weighted by molar-refractivity contribution is -0.119. The van der Waals surface area contributed by atoms with Gasteiger partial charge in [0.25, 0.3) is 0 Å². The molecule has 0 atom stereocenters. The third-order valence-corrected chi connectivity index (χ3v) is 8.81. The molecule has 0 fully saturated rings. The first-order chi connectivity index (χ1) is 20.4. The number of benzene rings is 2. The molecular weight excluding hydrogens is 541 g/mol. The number of carbonyl (C=O) groups is 2. The molecule has 0 amide bonds. The number of hydrogen-bond donors (Lipinski definition) is 0. The number of Topliss-reactive ketones (excluding diaryl/α,β-unsaturated/α-hetero) is 2. The topological polar surface area (TPSA) is 55.8 Å². The van der Waals surface area contributed by atoms with Crippen LogP contribution < -0.4 is 9.47 Å². The molecule has 1 heterocycles. The van der Waals surface area contributed by atoms with Gasteiger partial charge in [0, 0.05) is 53.4 Å². The van der Waals surface area contributed by atoms with Gasteiger partial charge in [-0.05, 0) is 65.8 Å². The summed E-state index contributed by atoms with van der Waals surface area (Å²) in [5.41, 5.74) is 5.69. The van der Waals surface area contributed by atoms with Crippen molar-refractivity contribution in [1.29, 1.82) is 0 Å². The Labute approximate surface area is 255 Å². The van der Waals surface area contributed by atoms with E-state index in [2.05, 4.69) is 46.1 Å². The van der Waals surface area contributed by atoms with Crippen molar-refractivity contribution in [3.8, 4) is 11.5 Å². The van der Waals surface area contributed by atoms with E-state index in [4.69, 9.17) is 9.47 Å². The summed E-state index contributed by atoms with van der Waals surface area (Å²) in [7, 11) is 1.59. The largest absolute Gasteiger partial charge is 0.493 e. The minimum absolute atomic E-state index is 0.109. The first-order valence-corrected chi connectivity index (χ1v) is 15.4. The fourth-order valence-corrected chi connectivity index (χ4v) is 7.13. The smallest absolute Gasteiger partial charge is 0.165 e. The number of ketones is 2. The number of ether oxygens (including phenoxy) is 2. The van der Waals surface area contributed by atoms with Crippen LogP contribution in [0.2, 0.25) is 0 Å². The van der Waals surface area contributed by atoms with Crippen LogP contribution in [-0.2, 0) is 22.6 Å². The molecule has 1 aliphatic heterocycles. The highest BCUT2D eigenvalue weighted by molar-refractivity contribution is 6.06. The zero-order valence-corrected chi connectivity index (χ0v) is 26.4. The Morgan fingerprint density at radius 2 is 1.60 bits per heavy atom. The summed E-state index contributed by atoms with van der Waals surface area (Å²) in [6.07, 6.45) is 5.65. The van der Waals surface area contributed by atoms with Crippen molar-refractivity contribution in [3.63, 3.8) is 0 Å². The summed E-state index contributed by atoms with van der Waals surface area (Å²) >= 11 is 0. The molecule has 5 rings (SSSR count). The quantitative estimate of drug-likeness (QED) is 0.278. The minimum atomic E-state index is -0.472. The Hall–Kier alpha value is -3.67. The molecule has 5 nitrogen and oxygen atoms in total. The van der Waals surface area contributed by atoms with E-state index in [-0.39, 0.29) is 34.8 Å². The number of nitrogens with zero attached hydrogens (tertiary/aromatic N) is 1. The maximum absolute atomic E-state index is 14.1. The van der Waals surface area contributed by atoms with Crippen LogP contribution >= 0.6 is 0 Å². The van der Waals surface area contributed by atoms with Crippen LogP contribution in [0.15, 0.2) is 71.6 Å². The fraction of sp³-hybridized carbons (Fsp3) is 0.459. The molecule has 0 unspecified atom stereocenters. The molecular formula is C37H44FNO4. The molecule has 0 radical (unpaired) electrons. The minimum Gasteiger partial charge on any atom is -0.493 e. The maximum Gasteiger partial charge on any atom is 0.165 e. The molecule has 0 saturated carbocycles. The second-order valence-corrected chi connectivity index (χ2v) is 13.8. The maximum atomic E-state index is 14.1. The van der Waals surface area contributed by atoms with Gasteiger partial charge in [0.1, 0.15) is 12.4 Å². The predicted molar refractivity (Wildman–Crippen MR) is 167 cm³/mol. The normalized spacial score (nSPS) is 19.7. The molecule has 43 heavy (non-hydrogen) atoms. The van der Waals surface area contributed by atoms with Crippen molar-refractivity contribution in [2.75, 3.05) is 13.7 Å². The van der Waals surface area contributed by atoms with Crippen molar-refractivity contribution in [1.82, 2.24) is 4.90 Å². The van der Waals surface area contributed by atoms with Gasteiger partial charge in [0.05, 0.1) is 7.11 Å². The third-order valence-electron chi connectivity index (χ3n) is 8.81. The van der Waals surface area contributed by atoms with E-state index >= 15 is 0 Å². The average molecular weight is 586 g/mol. The Morgan fingerprint density at radius 3 is 2.14 bits per heavy atom. The molecule has 0 saturated heterocycles. The van der Waals surface area contributed by atoms with Gasteiger partial charge in [-0.25, -0.2) is 4.39 Å². The van der Waals surface area contributed by atoms with Crippen molar-refractivity contribution < 1.29 is 23.5 Å². The van der Waals surface area contributed by atoms with Gasteiger partial charge in [-0.1, -0.05) is 58.9 Å². The summed E-state index contributed by atoms with van der Waals surface area (Å²) in [6, 6.07) is 10.3. The van der Waals surface area contributed by atoms with Crippen LogP contribution in [0.4, 0.5) is 4.39 Å². The molecule has 0 aromatic heterocycles. The van der Waals surface area contributed by atoms with Gasteiger partial charge in [-0.3, -0.25) is 9.59 Å². The zero-order valence-electron chi connectivity index (χ0n) is 26.4.